The smallest absolute Gasteiger partial charge is 0.412 e. The standard InChI is InChI=1S/C14H14N3O5/c1-16(21)10-2-4-11(5-3-10)22-14(20)15-8-9-17-12(18)6-7-13(17)19/h2-7H,8-9H2,1H3,(H,15,20)/q-1. The second kappa shape index (κ2) is 6.72. The minimum Gasteiger partial charge on any atom is -0.758 e. The number of nitrogens with zero attached hydrogens (tertiary/aromatic N) is 2. The molecule has 0 aromatic heterocycles. The fourth-order valence-electron chi connectivity index (χ4n) is 1.79. The second-order valence-electron chi connectivity index (χ2n) is 4.47. The van der Waals surface area contributed by atoms with Gasteiger partial charge < -0.3 is 20.3 Å². The number of hydrogen-bond acceptors (Lipinski definition) is 6. The Labute approximate surface area is 126 Å². The molecule has 0 saturated heterocycles. The summed E-state index contributed by atoms with van der Waals surface area (Å²) in [4.78, 5) is 35.1. The van der Waals surface area contributed by atoms with E-state index in [4.69, 9.17) is 4.74 Å². The number of hydroxylamine groups is 1. The van der Waals surface area contributed by atoms with Crippen LogP contribution in [0.5, 0.6) is 5.75 Å². The van der Waals surface area contributed by atoms with Crippen molar-refractivity contribution in [2.45, 2.75) is 0 Å². The van der Waals surface area contributed by atoms with Crippen molar-refractivity contribution in [3.63, 3.8) is 0 Å². The molecule has 1 aliphatic rings. The summed E-state index contributed by atoms with van der Waals surface area (Å²) >= 11 is 0. The van der Waals surface area contributed by atoms with Crippen LogP contribution in [0, 0.1) is 5.21 Å². The Balaban J connectivity index is 1.76. The zero-order valence-corrected chi connectivity index (χ0v) is 11.8. The Morgan fingerprint density at radius 3 is 2.36 bits per heavy atom. The molecule has 0 saturated carbocycles. The van der Waals surface area contributed by atoms with Crippen molar-refractivity contribution in [2.24, 2.45) is 0 Å². The number of carbonyl (C=O) groups excluding carboxylic acids is 3. The topological polar surface area (TPSA) is 102 Å². The summed E-state index contributed by atoms with van der Waals surface area (Å²) in [6.07, 6.45) is 1.64. The maximum Gasteiger partial charge on any atom is 0.412 e. The third kappa shape index (κ3) is 3.83. The van der Waals surface area contributed by atoms with Crippen LogP contribution in [0.25, 0.3) is 0 Å². The van der Waals surface area contributed by atoms with Gasteiger partial charge in [-0.1, -0.05) is 0 Å². The predicted octanol–water partition coefficient (Wildman–Crippen LogP) is 0.634. The van der Waals surface area contributed by atoms with E-state index in [1.165, 1.54) is 43.5 Å². The maximum atomic E-state index is 11.6. The molecule has 0 radical (unpaired) electrons. The molecule has 1 aliphatic heterocycles. The van der Waals surface area contributed by atoms with E-state index >= 15 is 0 Å². The lowest BCUT2D eigenvalue weighted by atomic mass is 10.3. The van der Waals surface area contributed by atoms with E-state index < -0.39 is 17.9 Å². The van der Waals surface area contributed by atoms with E-state index in [-0.39, 0.29) is 18.8 Å². The Kier molecular flexibility index (Phi) is 4.74. The number of nitrogens with one attached hydrogen (secondary N) is 1. The van der Waals surface area contributed by atoms with Gasteiger partial charge >= 0.3 is 6.09 Å². The molecule has 0 atom stereocenters. The number of carbonyl (C=O) groups is 3. The average molecular weight is 304 g/mol. The number of ether oxygens (including phenoxy) is 1. The Hall–Kier alpha value is -2.87. The lowest BCUT2D eigenvalue weighted by molar-refractivity contribution is -0.136. The molecule has 1 N–H and O–H groups in total. The summed E-state index contributed by atoms with van der Waals surface area (Å²) in [7, 11) is 1.36. The second-order valence-corrected chi connectivity index (χ2v) is 4.47. The third-order valence-corrected chi connectivity index (χ3v) is 2.92. The highest BCUT2D eigenvalue weighted by molar-refractivity contribution is 6.12. The monoisotopic (exact) mass is 304 g/mol. The summed E-state index contributed by atoms with van der Waals surface area (Å²) in [5, 5.41) is 14.1. The van der Waals surface area contributed by atoms with Gasteiger partial charge in [0.05, 0.1) is 0 Å². The van der Waals surface area contributed by atoms with Gasteiger partial charge in [0.25, 0.3) is 11.8 Å². The van der Waals surface area contributed by atoms with E-state index in [1.807, 2.05) is 0 Å². The van der Waals surface area contributed by atoms with Crippen LogP contribution < -0.4 is 15.1 Å². The van der Waals surface area contributed by atoms with Gasteiger partial charge in [-0.2, -0.15) is 0 Å². The summed E-state index contributed by atoms with van der Waals surface area (Å²) < 4.78 is 4.99. The van der Waals surface area contributed by atoms with Crippen molar-refractivity contribution in [1.29, 1.82) is 0 Å². The van der Waals surface area contributed by atoms with Gasteiger partial charge in [0.1, 0.15) is 5.75 Å². The minimum atomic E-state index is -0.713. The molecule has 0 unspecified atom stereocenters. The Bertz CT molecular complexity index is 591. The summed E-state index contributed by atoms with van der Waals surface area (Å²) in [6.45, 7) is 0.152. The van der Waals surface area contributed by atoms with Crippen molar-refractivity contribution in [1.82, 2.24) is 10.2 Å². The zero-order valence-electron chi connectivity index (χ0n) is 11.8. The lowest BCUT2D eigenvalue weighted by Crippen LogP contribution is -2.39. The molecule has 0 bridgehead atoms. The molecule has 0 fully saturated rings. The number of imide groups is 1. The van der Waals surface area contributed by atoms with Crippen LogP contribution in [-0.2, 0) is 9.59 Å². The van der Waals surface area contributed by atoms with Crippen molar-refractivity contribution >= 4 is 23.6 Å². The molecular weight excluding hydrogens is 290 g/mol. The van der Waals surface area contributed by atoms with Crippen molar-refractivity contribution in [3.05, 3.63) is 41.6 Å². The highest BCUT2D eigenvalue weighted by atomic mass is 16.6. The molecule has 2 rings (SSSR count). The molecule has 116 valence electrons. The molecule has 8 heteroatoms. The van der Waals surface area contributed by atoms with Crippen molar-refractivity contribution in [3.8, 4) is 5.75 Å². The van der Waals surface area contributed by atoms with Crippen LogP contribution in [0.3, 0.4) is 0 Å². The van der Waals surface area contributed by atoms with Crippen molar-refractivity contribution in [2.75, 3.05) is 25.2 Å². The van der Waals surface area contributed by atoms with Gasteiger partial charge in [0.2, 0.25) is 0 Å². The molecule has 1 aromatic rings. The fourth-order valence-corrected chi connectivity index (χ4v) is 1.79. The molecule has 0 aliphatic carbocycles. The van der Waals surface area contributed by atoms with E-state index in [9.17, 15) is 19.6 Å². The first-order chi connectivity index (χ1) is 10.5. The first-order valence-electron chi connectivity index (χ1n) is 6.47. The van der Waals surface area contributed by atoms with Gasteiger partial charge in [-0.3, -0.25) is 14.5 Å². The number of anilines is 1. The maximum absolute atomic E-state index is 11.6. The largest absolute Gasteiger partial charge is 0.758 e. The number of amides is 3. The minimum absolute atomic E-state index is 0.0691. The molecule has 22 heavy (non-hydrogen) atoms. The number of rotatable bonds is 5. The first-order valence-corrected chi connectivity index (χ1v) is 6.47. The normalized spacial score (nSPS) is 13.5. The highest BCUT2D eigenvalue weighted by Crippen LogP contribution is 2.17. The van der Waals surface area contributed by atoms with Gasteiger partial charge in [0.15, 0.2) is 0 Å². The van der Waals surface area contributed by atoms with E-state index in [1.54, 1.807) is 0 Å². The zero-order chi connectivity index (χ0) is 16.1. The summed E-state index contributed by atoms with van der Waals surface area (Å²) in [5.74, 6) is -0.534. The van der Waals surface area contributed by atoms with Crippen LogP contribution >= 0.6 is 0 Å². The predicted molar refractivity (Wildman–Crippen MR) is 78.1 cm³/mol. The van der Waals surface area contributed by atoms with E-state index in [2.05, 4.69) is 5.32 Å². The van der Waals surface area contributed by atoms with Crippen molar-refractivity contribution < 1.29 is 19.1 Å². The van der Waals surface area contributed by atoms with E-state index in [0.717, 1.165) is 4.90 Å². The highest BCUT2D eigenvalue weighted by Gasteiger charge is 2.22. The van der Waals surface area contributed by atoms with Crippen LogP contribution in [0.2, 0.25) is 0 Å². The molecule has 8 nitrogen and oxygen atoms in total. The Morgan fingerprint density at radius 2 is 1.82 bits per heavy atom. The van der Waals surface area contributed by atoms with Gasteiger partial charge in [-0.15, -0.1) is 0 Å². The fraction of sp³-hybridized carbons (Fsp3) is 0.214. The van der Waals surface area contributed by atoms with Crippen LogP contribution in [0.1, 0.15) is 0 Å². The molecule has 3 amide bonds. The third-order valence-electron chi connectivity index (χ3n) is 2.92. The molecular formula is C14H14N3O5-. The summed E-state index contributed by atoms with van der Waals surface area (Å²) in [5.41, 5.74) is 0.436. The molecule has 0 spiro atoms. The van der Waals surface area contributed by atoms with Gasteiger partial charge in [-0.05, 0) is 31.3 Å². The molecule has 1 aromatic carbocycles. The van der Waals surface area contributed by atoms with Gasteiger partial charge in [-0.25, -0.2) is 4.79 Å². The molecule has 1 heterocycles. The summed E-state index contributed by atoms with van der Waals surface area (Å²) in [6, 6.07) is 6.01. The lowest BCUT2D eigenvalue weighted by Gasteiger charge is -2.24. The number of hydrogen-bond donors (Lipinski definition) is 1. The quantitative estimate of drug-likeness (QED) is 0.632. The van der Waals surface area contributed by atoms with Gasteiger partial charge in [0, 0.05) is 30.9 Å². The SMILES string of the molecule is CN([O-])c1ccc(OC(=O)NCCN2C(=O)C=CC2=O)cc1. The average Bonchev–Trinajstić information content (AvgIpc) is 2.79. The first kappa shape index (κ1) is 15.5. The number of benzene rings is 1. The Morgan fingerprint density at radius 1 is 1.23 bits per heavy atom. The van der Waals surface area contributed by atoms with Crippen LogP contribution in [0.4, 0.5) is 10.5 Å². The van der Waals surface area contributed by atoms with Crippen LogP contribution in [-0.4, -0.2) is 42.9 Å². The van der Waals surface area contributed by atoms with Crippen LogP contribution in [0.15, 0.2) is 36.4 Å². The van der Waals surface area contributed by atoms with E-state index in [0.29, 0.717) is 10.8 Å².